The molecular weight excluding hydrogens is 328 g/mol. The van der Waals surface area contributed by atoms with Gasteiger partial charge in [0.1, 0.15) is 0 Å². The third-order valence-corrected chi connectivity index (χ3v) is 4.43. The van der Waals surface area contributed by atoms with Crippen LogP contribution in [0.15, 0.2) is 22.7 Å². The minimum absolute atomic E-state index is 0.0508. The van der Waals surface area contributed by atoms with Crippen molar-refractivity contribution in [2.45, 2.75) is 38.1 Å². The first-order chi connectivity index (χ1) is 9.07. The van der Waals surface area contributed by atoms with Crippen LogP contribution in [0.3, 0.4) is 0 Å². The zero-order valence-electron chi connectivity index (χ0n) is 10.9. The van der Waals surface area contributed by atoms with Crippen LogP contribution in [0.4, 0.5) is 5.69 Å². The topological polar surface area (TPSA) is 41.1 Å². The van der Waals surface area contributed by atoms with Crippen LogP contribution in [-0.2, 0) is 4.79 Å². The molecule has 1 aromatic rings. The van der Waals surface area contributed by atoms with Gasteiger partial charge in [-0.15, -0.1) is 0 Å². The van der Waals surface area contributed by atoms with Crippen LogP contribution in [0.1, 0.15) is 32.6 Å². The van der Waals surface area contributed by atoms with Crippen molar-refractivity contribution in [2.75, 3.05) is 11.9 Å². The molecule has 1 aromatic carbocycles. The van der Waals surface area contributed by atoms with Crippen LogP contribution in [0, 0.1) is 0 Å². The Morgan fingerprint density at radius 3 is 2.95 bits per heavy atom. The average molecular weight is 346 g/mol. The van der Waals surface area contributed by atoms with Crippen molar-refractivity contribution in [3.8, 4) is 0 Å². The predicted molar refractivity (Wildman–Crippen MR) is 82.7 cm³/mol. The number of carbonyl (C=O) groups is 1. The van der Waals surface area contributed by atoms with E-state index in [1.54, 1.807) is 12.1 Å². The van der Waals surface area contributed by atoms with Crippen LogP contribution >= 0.6 is 27.5 Å². The molecule has 0 aliphatic carbocycles. The summed E-state index contributed by atoms with van der Waals surface area (Å²) in [5.41, 5.74) is 0.354. The molecule has 5 heteroatoms. The van der Waals surface area contributed by atoms with E-state index in [9.17, 15) is 4.79 Å². The molecule has 1 fully saturated rings. The Balaban J connectivity index is 2.15. The maximum atomic E-state index is 12.5. The van der Waals surface area contributed by atoms with Crippen LogP contribution in [-0.4, -0.2) is 18.0 Å². The van der Waals surface area contributed by atoms with Crippen LogP contribution < -0.4 is 10.6 Å². The molecule has 1 aliphatic heterocycles. The Labute approximate surface area is 127 Å². The molecule has 0 saturated carbocycles. The summed E-state index contributed by atoms with van der Waals surface area (Å²) in [5.74, 6) is 0.0508. The SMILES string of the molecule is CCCC1(C(=O)Nc2ccc(Cl)cc2Br)CCCN1. The highest BCUT2D eigenvalue weighted by molar-refractivity contribution is 9.10. The molecule has 3 nitrogen and oxygen atoms in total. The molecule has 19 heavy (non-hydrogen) atoms. The number of halogens is 2. The van der Waals surface area contributed by atoms with Gasteiger partial charge >= 0.3 is 0 Å². The molecule has 1 heterocycles. The standard InChI is InChI=1S/C14H18BrClN2O/c1-2-6-14(7-3-8-17-14)13(19)18-12-5-4-10(16)9-11(12)15/h4-5,9,17H,2-3,6-8H2,1H3,(H,18,19). The molecule has 0 aromatic heterocycles. The van der Waals surface area contributed by atoms with Crippen molar-refractivity contribution in [3.63, 3.8) is 0 Å². The maximum Gasteiger partial charge on any atom is 0.244 e. The van der Waals surface area contributed by atoms with E-state index < -0.39 is 5.54 Å². The summed E-state index contributed by atoms with van der Waals surface area (Å²) in [4.78, 5) is 12.5. The van der Waals surface area contributed by atoms with Gasteiger partial charge in [0.25, 0.3) is 0 Å². The predicted octanol–water partition coefficient (Wildman–Crippen LogP) is 3.96. The lowest BCUT2D eigenvalue weighted by molar-refractivity contribution is -0.122. The van der Waals surface area contributed by atoms with Gasteiger partial charge in [0.05, 0.1) is 11.2 Å². The third-order valence-electron chi connectivity index (χ3n) is 3.53. The maximum absolute atomic E-state index is 12.5. The molecule has 0 radical (unpaired) electrons. The first-order valence-electron chi connectivity index (χ1n) is 6.59. The molecule has 0 bridgehead atoms. The zero-order valence-corrected chi connectivity index (χ0v) is 13.3. The second kappa shape index (κ2) is 6.25. The van der Waals surface area contributed by atoms with Gasteiger partial charge in [-0.05, 0) is 59.9 Å². The normalized spacial score (nSPS) is 22.5. The monoisotopic (exact) mass is 344 g/mol. The number of nitrogens with one attached hydrogen (secondary N) is 2. The Hall–Kier alpha value is -0.580. The molecule has 0 spiro atoms. The fraction of sp³-hybridized carbons (Fsp3) is 0.500. The van der Waals surface area contributed by atoms with Crippen molar-refractivity contribution < 1.29 is 4.79 Å². The summed E-state index contributed by atoms with van der Waals surface area (Å²) >= 11 is 9.32. The molecule has 1 amide bonds. The van der Waals surface area contributed by atoms with E-state index in [-0.39, 0.29) is 5.91 Å². The number of rotatable bonds is 4. The van der Waals surface area contributed by atoms with Crippen molar-refractivity contribution >= 4 is 39.1 Å². The second-order valence-corrected chi connectivity index (χ2v) is 6.23. The largest absolute Gasteiger partial charge is 0.323 e. The first-order valence-corrected chi connectivity index (χ1v) is 7.76. The number of hydrogen-bond donors (Lipinski definition) is 2. The van der Waals surface area contributed by atoms with Crippen molar-refractivity contribution in [2.24, 2.45) is 0 Å². The van der Waals surface area contributed by atoms with E-state index in [4.69, 9.17) is 11.6 Å². The Bertz CT molecular complexity index is 473. The van der Waals surface area contributed by atoms with Crippen molar-refractivity contribution in [3.05, 3.63) is 27.7 Å². The minimum atomic E-state index is -0.409. The first kappa shape index (κ1) is 14.8. The van der Waals surface area contributed by atoms with Crippen molar-refractivity contribution in [1.82, 2.24) is 5.32 Å². The summed E-state index contributed by atoms with van der Waals surface area (Å²) in [6.07, 6.45) is 3.80. The third kappa shape index (κ3) is 3.30. The van der Waals surface area contributed by atoms with Crippen molar-refractivity contribution in [1.29, 1.82) is 0 Å². The van der Waals surface area contributed by atoms with Gasteiger partial charge in [0.15, 0.2) is 0 Å². The van der Waals surface area contributed by atoms with E-state index in [0.717, 1.165) is 42.4 Å². The summed E-state index contributed by atoms with van der Waals surface area (Å²) in [5, 5.41) is 7.01. The smallest absolute Gasteiger partial charge is 0.244 e. The van der Waals surface area contributed by atoms with E-state index in [2.05, 4.69) is 33.5 Å². The van der Waals surface area contributed by atoms with Gasteiger partial charge in [-0.1, -0.05) is 24.9 Å². The summed E-state index contributed by atoms with van der Waals surface area (Å²) in [7, 11) is 0. The van der Waals surface area contributed by atoms with Gasteiger partial charge in [0.2, 0.25) is 5.91 Å². The van der Waals surface area contributed by atoms with Crippen LogP contribution in [0.25, 0.3) is 0 Å². The number of benzene rings is 1. The molecule has 1 saturated heterocycles. The second-order valence-electron chi connectivity index (χ2n) is 4.94. The van der Waals surface area contributed by atoms with E-state index in [1.165, 1.54) is 0 Å². The fourth-order valence-electron chi connectivity index (χ4n) is 2.59. The van der Waals surface area contributed by atoms with E-state index in [0.29, 0.717) is 5.02 Å². The lowest BCUT2D eigenvalue weighted by atomic mass is 9.91. The number of carbonyl (C=O) groups excluding carboxylic acids is 1. The highest BCUT2D eigenvalue weighted by Gasteiger charge is 2.39. The number of amides is 1. The van der Waals surface area contributed by atoms with E-state index in [1.807, 2.05) is 6.07 Å². The lowest BCUT2D eigenvalue weighted by Crippen LogP contribution is -2.50. The molecule has 104 valence electrons. The van der Waals surface area contributed by atoms with E-state index >= 15 is 0 Å². The average Bonchev–Trinajstić information content (AvgIpc) is 2.83. The number of hydrogen-bond acceptors (Lipinski definition) is 2. The number of anilines is 1. The molecular formula is C14H18BrClN2O. The summed E-state index contributed by atoms with van der Waals surface area (Å²) in [6, 6.07) is 5.38. The van der Waals surface area contributed by atoms with Gasteiger partial charge < -0.3 is 10.6 Å². The summed E-state index contributed by atoms with van der Waals surface area (Å²) in [6.45, 7) is 3.02. The zero-order chi connectivity index (χ0) is 13.9. The Morgan fingerprint density at radius 2 is 2.37 bits per heavy atom. The van der Waals surface area contributed by atoms with Gasteiger partial charge in [-0.3, -0.25) is 4.79 Å². The van der Waals surface area contributed by atoms with Gasteiger partial charge in [-0.25, -0.2) is 0 Å². The van der Waals surface area contributed by atoms with Crippen LogP contribution in [0.2, 0.25) is 5.02 Å². The van der Waals surface area contributed by atoms with Crippen LogP contribution in [0.5, 0.6) is 0 Å². The van der Waals surface area contributed by atoms with Gasteiger partial charge in [-0.2, -0.15) is 0 Å². The molecule has 1 atom stereocenters. The molecule has 1 aliphatic rings. The highest BCUT2D eigenvalue weighted by Crippen LogP contribution is 2.30. The molecule has 1 unspecified atom stereocenters. The van der Waals surface area contributed by atoms with Gasteiger partial charge in [0, 0.05) is 9.50 Å². The molecule has 2 N–H and O–H groups in total. The quantitative estimate of drug-likeness (QED) is 0.867. The lowest BCUT2D eigenvalue weighted by Gasteiger charge is -2.28. The Kier molecular flexibility index (Phi) is 4.87. The minimum Gasteiger partial charge on any atom is -0.323 e. The highest BCUT2D eigenvalue weighted by atomic mass is 79.9. The Morgan fingerprint density at radius 1 is 1.58 bits per heavy atom. The molecule has 2 rings (SSSR count). The fourth-order valence-corrected chi connectivity index (χ4v) is 3.37. The summed E-state index contributed by atoms with van der Waals surface area (Å²) < 4.78 is 0.804.